The van der Waals surface area contributed by atoms with Gasteiger partial charge in [0, 0.05) is 52.8 Å². The molecule has 4 aromatic heterocycles. The van der Waals surface area contributed by atoms with Gasteiger partial charge in [-0.2, -0.15) is 11.3 Å². The van der Waals surface area contributed by atoms with Gasteiger partial charge in [0.1, 0.15) is 12.1 Å². The number of aliphatic hydroxyl groups excluding tert-OH is 1. The number of aromatic nitrogens is 2. The second-order valence-corrected chi connectivity index (χ2v) is 16.6. The summed E-state index contributed by atoms with van der Waals surface area (Å²) in [6.07, 6.45) is 6.45. The van der Waals surface area contributed by atoms with Crippen LogP contribution in [-0.4, -0.2) is 20.9 Å². The molecule has 0 atom stereocenters. The van der Waals surface area contributed by atoms with Gasteiger partial charge in [-0.05, 0) is 58.0 Å². The van der Waals surface area contributed by atoms with Crippen molar-refractivity contribution in [1.29, 1.82) is 0 Å². The Morgan fingerprint density at radius 2 is 1.47 bits per heavy atom. The quantitative estimate of drug-likeness (QED) is 0.0941. The number of allylic oxidation sites excluding steroid dienone is 2. The normalized spacial score (nSPS) is 12.8. The van der Waals surface area contributed by atoms with Gasteiger partial charge in [-0.3, -0.25) is 9.78 Å². The van der Waals surface area contributed by atoms with E-state index in [1.54, 1.807) is 40.3 Å². The number of carbonyl (C=O) groups excluding carboxylic acids is 1. The SMILES string of the molecule is CC(C)(C)c1cc(-c2ncnc3c2sc2c3ccc3ccsc32)[c-]c2ccsc12.CCC(C)(CC)C(=O)/C=C(\O)C(C)(CC)CC.[Ir]. The van der Waals surface area contributed by atoms with Crippen molar-refractivity contribution in [3.8, 4) is 11.3 Å². The van der Waals surface area contributed by atoms with Crippen molar-refractivity contribution in [2.45, 2.75) is 93.4 Å². The molecule has 0 aliphatic heterocycles. The number of rotatable bonds is 8. The summed E-state index contributed by atoms with van der Waals surface area (Å²) in [6.45, 7) is 18.9. The average Bonchev–Trinajstić information content (AvgIpc) is 3.81. The Hall–Kier alpha value is -2.48. The van der Waals surface area contributed by atoms with Crippen LogP contribution < -0.4 is 0 Å². The van der Waals surface area contributed by atoms with Crippen LogP contribution in [0.15, 0.2) is 59.3 Å². The van der Waals surface area contributed by atoms with Crippen molar-refractivity contribution in [2.24, 2.45) is 10.8 Å². The van der Waals surface area contributed by atoms with Gasteiger partial charge in [-0.15, -0.1) is 46.3 Å². The Balaban J connectivity index is 0.000000242. The van der Waals surface area contributed by atoms with Gasteiger partial charge in [0.25, 0.3) is 0 Å². The summed E-state index contributed by atoms with van der Waals surface area (Å²) in [5.74, 6) is 0.286. The Labute approximate surface area is 304 Å². The summed E-state index contributed by atoms with van der Waals surface area (Å²) in [5.41, 5.74) is 3.89. The van der Waals surface area contributed by atoms with Crippen LogP contribution in [-0.2, 0) is 30.3 Å². The summed E-state index contributed by atoms with van der Waals surface area (Å²) < 4.78 is 5.11. The molecule has 6 aromatic rings. The fraction of sp³-hybridized carbons (Fsp3) is 0.410. The zero-order valence-electron chi connectivity index (χ0n) is 28.8. The zero-order chi connectivity index (χ0) is 33.4. The first-order valence-corrected chi connectivity index (χ1v) is 18.8. The van der Waals surface area contributed by atoms with Crippen molar-refractivity contribution >= 4 is 80.3 Å². The molecule has 0 aliphatic rings. The molecule has 8 heteroatoms. The van der Waals surface area contributed by atoms with E-state index in [-0.39, 0.29) is 47.9 Å². The smallest absolute Gasteiger partial charge is 0.164 e. The van der Waals surface area contributed by atoms with E-state index >= 15 is 0 Å². The molecule has 0 aliphatic carbocycles. The first-order valence-electron chi connectivity index (χ1n) is 16.2. The van der Waals surface area contributed by atoms with E-state index in [0.29, 0.717) is 0 Å². The van der Waals surface area contributed by atoms with Gasteiger partial charge >= 0.3 is 0 Å². The molecule has 0 fully saturated rings. The molecule has 2 aromatic carbocycles. The maximum atomic E-state index is 12.2. The first kappa shape index (κ1) is 37.3. The third-order valence-electron chi connectivity index (χ3n) is 9.97. The monoisotopic (exact) mass is 862 g/mol. The Morgan fingerprint density at radius 3 is 2.11 bits per heavy atom. The average molecular weight is 862 g/mol. The van der Waals surface area contributed by atoms with Crippen LogP contribution in [0.2, 0.25) is 0 Å². The minimum absolute atomic E-state index is 0. The van der Waals surface area contributed by atoms with Crippen molar-refractivity contribution in [2.75, 3.05) is 0 Å². The predicted molar refractivity (Wildman–Crippen MR) is 202 cm³/mol. The van der Waals surface area contributed by atoms with Crippen LogP contribution in [0.25, 0.3) is 51.7 Å². The number of aliphatic hydroxyl groups is 1. The van der Waals surface area contributed by atoms with Crippen LogP contribution in [0.3, 0.4) is 0 Å². The minimum Gasteiger partial charge on any atom is -0.512 e. The van der Waals surface area contributed by atoms with Crippen LogP contribution in [0.5, 0.6) is 0 Å². The topological polar surface area (TPSA) is 63.1 Å². The molecular formula is C39H45IrN2O2S3-. The molecule has 0 saturated carbocycles. The van der Waals surface area contributed by atoms with Gasteiger partial charge in [-0.1, -0.05) is 85.6 Å². The summed E-state index contributed by atoms with van der Waals surface area (Å²) in [7, 11) is 0. The maximum absolute atomic E-state index is 12.2. The number of hydrogen-bond acceptors (Lipinski definition) is 7. The molecule has 47 heavy (non-hydrogen) atoms. The molecular weight excluding hydrogens is 817 g/mol. The molecule has 0 saturated heterocycles. The summed E-state index contributed by atoms with van der Waals surface area (Å²) >= 11 is 5.40. The number of thiophene rings is 3. The number of hydrogen-bond donors (Lipinski definition) is 1. The van der Waals surface area contributed by atoms with E-state index in [4.69, 9.17) is 4.98 Å². The van der Waals surface area contributed by atoms with Crippen LogP contribution in [0.1, 0.15) is 93.6 Å². The van der Waals surface area contributed by atoms with Gasteiger partial charge in [0.2, 0.25) is 0 Å². The van der Waals surface area contributed by atoms with Crippen molar-refractivity contribution in [3.63, 3.8) is 0 Å². The van der Waals surface area contributed by atoms with E-state index in [2.05, 4.69) is 72.9 Å². The number of ketones is 1. The predicted octanol–water partition coefficient (Wildman–Crippen LogP) is 12.7. The number of fused-ring (bicyclic) bond motifs is 6. The van der Waals surface area contributed by atoms with E-state index in [9.17, 15) is 9.90 Å². The molecule has 251 valence electrons. The Kier molecular flexibility index (Phi) is 11.6. The molecule has 0 unspecified atom stereocenters. The Morgan fingerprint density at radius 1 is 0.830 bits per heavy atom. The molecule has 1 radical (unpaired) electrons. The van der Waals surface area contributed by atoms with Crippen molar-refractivity contribution in [3.05, 3.63) is 70.9 Å². The van der Waals surface area contributed by atoms with Gasteiger partial charge in [-0.25, -0.2) is 4.98 Å². The fourth-order valence-corrected chi connectivity index (χ4v) is 9.02. The largest absolute Gasteiger partial charge is 0.512 e. The second kappa shape index (κ2) is 14.6. The molecule has 6 rings (SSSR count). The fourth-order valence-electron chi connectivity index (χ4n) is 5.63. The zero-order valence-corrected chi connectivity index (χ0v) is 33.7. The minimum atomic E-state index is -0.337. The Bertz CT molecular complexity index is 2050. The standard InChI is InChI=1S/C24H17N2S3.C15H28O2.Ir/c1-24(2,3)17-11-15(10-14-7-9-27-20(14)17)18-23-19(26-12-25-18)16-5-4-13-6-8-28-21(13)22(16)29-23;1-7-14(5,8-2)12(16)11-13(17)15(6,9-3)10-4;/h4-9,11-12H,1-3H3;11,16H,7-10H2,1-6H3;/q-1;;/b;12-11-;. The molecule has 4 heterocycles. The molecule has 0 bridgehead atoms. The summed E-state index contributed by atoms with van der Waals surface area (Å²) in [6, 6.07) is 14.7. The maximum Gasteiger partial charge on any atom is 0.164 e. The number of nitrogens with zero attached hydrogens (tertiary/aromatic N) is 2. The van der Waals surface area contributed by atoms with Crippen LogP contribution >= 0.6 is 34.0 Å². The number of carbonyl (C=O) groups is 1. The van der Waals surface area contributed by atoms with Gasteiger partial charge in [0.05, 0.1) is 14.9 Å². The number of benzene rings is 2. The molecule has 4 nitrogen and oxygen atoms in total. The van der Waals surface area contributed by atoms with Gasteiger partial charge in [0.15, 0.2) is 5.78 Å². The van der Waals surface area contributed by atoms with E-state index in [0.717, 1.165) is 47.2 Å². The van der Waals surface area contributed by atoms with Crippen molar-refractivity contribution in [1.82, 2.24) is 9.97 Å². The van der Waals surface area contributed by atoms with Gasteiger partial charge < -0.3 is 5.11 Å². The third-order valence-corrected chi connectivity index (χ3v) is 13.2. The van der Waals surface area contributed by atoms with E-state index in [1.807, 2.05) is 41.5 Å². The molecule has 1 N–H and O–H groups in total. The first-order chi connectivity index (χ1) is 21.8. The van der Waals surface area contributed by atoms with E-state index in [1.165, 1.54) is 41.9 Å². The van der Waals surface area contributed by atoms with Crippen LogP contribution in [0, 0.1) is 16.9 Å². The molecule has 0 spiro atoms. The third kappa shape index (κ3) is 7.14. The van der Waals surface area contributed by atoms with E-state index < -0.39 is 0 Å². The van der Waals surface area contributed by atoms with Crippen molar-refractivity contribution < 1.29 is 30.0 Å². The second-order valence-electron chi connectivity index (χ2n) is 13.7. The summed E-state index contributed by atoms with van der Waals surface area (Å²) in [5, 5.41) is 18.1. The summed E-state index contributed by atoms with van der Waals surface area (Å²) in [4.78, 5) is 21.6. The van der Waals surface area contributed by atoms with Crippen LogP contribution in [0.4, 0.5) is 0 Å². The molecule has 0 amide bonds.